The molecule has 3 aliphatic carbocycles. The van der Waals surface area contributed by atoms with Crippen molar-refractivity contribution in [2.45, 2.75) is 83.1 Å². The Morgan fingerprint density at radius 1 is 1.00 bits per heavy atom. The van der Waals surface area contributed by atoms with Crippen LogP contribution < -0.4 is 15.4 Å². The average Bonchev–Trinajstić information content (AvgIpc) is 3.79. The molecule has 0 atom stereocenters. The Bertz CT molecular complexity index is 1450. The number of oxime groups is 1. The van der Waals surface area contributed by atoms with Gasteiger partial charge in [0.2, 0.25) is 5.91 Å². The van der Waals surface area contributed by atoms with E-state index in [1.807, 2.05) is 6.20 Å². The summed E-state index contributed by atoms with van der Waals surface area (Å²) in [5, 5.41) is 17.0. The Labute approximate surface area is 254 Å². The van der Waals surface area contributed by atoms with Crippen molar-refractivity contribution in [3.05, 3.63) is 66.0 Å². The largest absolute Gasteiger partial charge is 0.496 e. The summed E-state index contributed by atoms with van der Waals surface area (Å²) < 4.78 is 7.55. The van der Waals surface area contributed by atoms with Gasteiger partial charge < -0.3 is 20.6 Å². The SMILES string of the molecule is COc1ccc(C2CCC(CN(C(=O)C3CCC(/C(N)=N/O)CC3)c3cccc(-c4cnn(C5CC5)c4)c3)CC2)cc1C. The minimum atomic E-state index is -0.0531. The monoisotopic (exact) mass is 583 g/mol. The van der Waals surface area contributed by atoms with Crippen LogP contribution in [0.25, 0.3) is 11.1 Å². The number of hydrogen-bond acceptors (Lipinski definition) is 5. The molecule has 8 heteroatoms. The van der Waals surface area contributed by atoms with Gasteiger partial charge in [0.15, 0.2) is 0 Å². The molecule has 0 bridgehead atoms. The average molecular weight is 584 g/mol. The molecule has 0 saturated heterocycles. The number of nitrogens with two attached hydrogens (primary N) is 1. The Morgan fingerprint density at radius 3 is 2.42 bits per heavy atom. The fraction of sp³-hybridized carbons (Fsp3) is 0.514. The number of nitrogens with zero attached hydrogens (tertiary/aromatic N) is 4. The number of amides is 1. The van der Waals surface area contributed by atoms with E-state index in [4.69, 9.17) is 15.7 Å². The molecular formula is C35H45N5O3. The highest BCUT2D eigenvalue weighted by Crippen LogP contribution is 2.40. The summed E-state index contributed by atoms with van der Waals surface area (Å²) in [5.74, 6) is 2.42. The molecule has 3 N–H and O–H groups in total. The normalized spacial score (nSPS) is 24.5. The molecule has 3 saturated carbocycles. The third-order valence-electron chi connectivity index (χ3n) is 10.1. The molecule has 3 fully saturated rings. The van der Waals surface area contributed by atoms with Gasteiger partial charge in [0.25, 0.3) is 0 Å². The molecule has 3 aromatic rings. The minimum Gasteiger partial charge on any atom is -0.496 e. The van der Waals surface area contributed by atoms with Crippen LogP contribution in [0.2, 0.25) is 0 Å². The molecule has 3 aliphatic rings. The molecule has 0 unspecified atom stereocenters. The number of carbonyl (C=O) groups excluding carboxylic acids is 1. The van der Waals surface area contributed by atoms with Gasteiger partial charge in [-0.2, -0.15) is 5.10 Å². The summed E-state index contributed by atoms with van der Waals surface area (Å²) in [6.07, 6.45) is 14.0. The molecule has 1 heterocycles. The van der Waals surface area contributed by atoms with Crippen molar-refractivity contribution in [2.24, 2.45) is 28.6 Å². The molecule has 2 aromatic carbocycles. The number of anilines is 1. The molecule has 228 valence electrons. The number of benzene rings is 2. The highest BCUT2D eigenvalue weighted by molar-refractivity contribution is 5.96. The minimum absolute atomic E-state index is 0.0469. The van der Waals surface area contributed by atoms with E-state index < -0.39 is 0 Å². The summed E-state index contributed by atoms with van der Waals surface area (Å²) in [6.45, 7) is 2.85. The third kappa shape index (κ3) is 6.58. The maximum Gasteiger partial charge on any atom is 0.230 e. The van der Waals surface area contributed by atoms with E-state index >= 15 is 0 Å². The van der Waals surface area contributed by atoms with Gasteiger partial charge in [-0.25, -0.2) is 0 Å². The summed E-state index contributed by atoms with van der Waals surface area (Å²) in [7, 11) is 1.72. The predicted molar refractivity (Wildman–Crippen MR) is 170 cm³/mol. The van der Waals surface area contributed by atoms with E-state index in [0.29, 0.717) is 17.9 Å². The van der Waals surface area contributed by atoms with Crippen LogP contribution in [0.15, 0.2) is 60.0 Å². The maximum absolute atomic E-state index is 14.2. The lowest BCUT2D eigenvalue weighted by atomic mass is 9.77. The second-order valence-corrected chi connectivity index (χ2v) is 13.0. The van der Waals surface area contributed by atoms with Crippen molar-refractivity contribution in [3.63, 3.8) is 0 Å². The predicted octanol–water partition coefficient (Wildman–Crippen LogP) is 7.06. The quantitative estimate of drug-likeness (QED) is 0.121. The van der Waals surface area contributed by atoms with Crippen molar-refractivity contribution < 1.29 is 14.7 Å². The Balaban J connectivity index is 1.19. The van der Waals surface area contributed by atoms with Crippen LogP contribution in [0, 0.1) is 24.7 Å². The molecule has 43 heavy (non-hydrogen) atoms. The van der Waals surface area contributed by atoms with E-state index in [1.54, 1.807) is 7.11 Å². The summed E-state index contributed by atoms with van der Waals surface area (Å²) >= 11 is 0. The van der Waals surface area contributed by atoms with Gasteiger partial charge in [0, 0.05) is 35.8 Å². The van der Waals surface area contributed by atoms with E-state index in [-0.39, 0.29) is 23.6 Å². The Hall–Kier alpha value is -3.81. The summed E-state index contributed by atoms with van der Waals surface area (Å²) in [5.41, 5.74) is 11.6. The van der Waals surface area contributed by atoms with Crippen molar-refractivity contribution in [2.75, 3.05) is 18.6 Å². The third-order valence-corrected chi connectivity index (χ3v) is 10.1. The first-order chi connectivity index (χ1) is 20.9. The smallest absolute Gasteiger partial charge is 0.230 e. The number of aromatic nitrogens is 2. The Morgan fingerprint density at radius 2 is 1.74 bits per heavy atom. The summed E-state index contributed by atoms with van der Waals surface area (Å²) in [6, 6.07) is 15.6. The molecule has 0 spiro atoms. The van der Waals surface area contributed by atoms with E-state index in [2.05, 4.69) is 75.4 Å². The van der Waals surface area contributed by atoms with E-state index in [1.165, 1.54) is 24.0 Å². The van der Waals surface area contributed by atoms with Crippen LogP contribution in [0.5, 0.6) is 5.75 Å². The van der Waals surface area contributed by atoms with Crippen LogP contribution in [0.1, 0.15) is 87.3 Å². The van der Waals surface area contributed by atoms with Gasteiger partial charge in [0.05, 0.1) is 19.3 Å². The van der Waals surface area contributed by atoms with Crippen molar-refractivity contribution in [3.8, 4) is 16.9 Å². The Kier molecular flexibility index (Phi) is 8.73. The molecule has 1 amide bonds. The van der Waals surface area contributed by atoms with Gasteiger partial charge in [-0.15, -0.1) is 0 Å². The maximum atomic E-state index is 14.2. The lowest BCUT2D eigenvalue weighted by Gasteiger charge is -2.36. The number of amidine groups is 1. The summed E-state index contributed by atoms with van der Waals surface area (Å²) in [4.78, 5) is 16.3. The zero-order valence-electron chi connectivity index (χ0n) is 25.5. The number of ether oxygens (including phenoxy) is 1. The first-order valence-corrected chi connectivity index (χ1v) is 16.0. The van der Waals surface area contributed by atoms with Crippen molar-refractivity contribution >= 4 is 17.4 Å². The van der Waals surface area contributed by atoms with Crippen LogP contribution in [-0.4, -0.2) is 40.4 Å². The number of hydrogen-bond donors (Lipinski definition) is 2. The second kappa shape index (κ2) is 12.8. The second-order valence-electron chi connectivity index (χ2n) is 13.0. The zero-order valence-corrected chi connectivity index (χ0v) is 25.5. The molecule has 0 aliphatic heterocycles. The van der Waals surface area contributed by atoms with Gasteiger partial charge in [0.1, 0.15) is 11.6 Å². The van der Waals surface area contributed by atoms with E-state index in [9.17, 15) is 4.79 Å². The van der Waals surface area contributed by atoms with Crippen LogP contribution in [0.3, 0.4) is 0 Å². The molecule has 0 radical (unpaired) electrons. The molecule has 6 rings (SSSR count). The zero-order chi connectivity index (χ0) is 29.9. The van der Waals surface area contributed by atoms with Gasteiger partial charge >= 0.3 is 0 Å². The lowest BCUT2D eigenvalue weighted by Crippen LogP contribution is -2.42. The number of carbonyl (C=O) groups is 1. The first-order valence-electron chi connectivity index (χ1n) is 16.0. The number of methoxy groups -OCH3 is 1. The lowest BCUT2D eigenvalue weighted by molar-refractivity contribution is -0.123. The fourth-order valence-corrected chi connectivity index (χ4v) is 7.23. The molecule has 1 aromatic heterocycles. The van der Waals surface area contributed by atoms with E-state index in [0.717, 1.165) is 80.5 Å². The van der Waals surface area contributed by atoms with Gasteiger partial charge in [-0.3, -0.25) is 9.48 Å². The topological polar surface area (TPSA) is 106 Å². The van der Waals surface area contributed by atoms with Gasteiger partial charge in [-0.05, 0) is 118 Å². The van der Waals surface area contributed by atoms with Crippen molar-refractivity contribution in [1.29, 1.82) is 0 Å². The first kappa shape index (κ1) is 29.3. The molecular weight excluding hydrogens is 538 g/mol. The standard InChI is InChI=1S/C35H45N5O3/c1-23-18-29(14-17-33(23)43-2)25-8-6-24(7-9-25)21-39(35(41)27-12-10-26(11-13-27)34(36)38-42)32-5-3-4-28(19-32)30-20-37-40(22-30)31-15-16-31/h3-5,14,17-20,22,24-27,31,42H,6-13,15-16,21H2,1-2H3,(H2,36,38). The number of rotatable bonds is 9. The highest BCUT2D eigenvalue weighted by atomic mass is 16.5. The van der Waals surface area contributed by atoms with Crippen LogP contribution in [-0.2, 0) is 4.79 Å². The number of aryl methyl sites for hydroxylation is 1. The van der Waals surface area contributed by atoms with Crippen molar-refractivity contribution in [1.82, 2.24) is 9.78 Å². The molecule has 8 nitrogen and oxygen atoms in total. The highest BCUT2D eigenvalue weighted by Gasteiger charge is 2.34. The van der Waals surface area contributed by atoms with Gasteiger partial charge in [-0.1, -0.05) is 29.4 Å². The fourth-order valence-electron chi connectivity index (χ4n) is 7.23. The van der Waals surface area contributed by atoms with Crippen LogP contribution >= 0.6 is 0 Å². The van der Waals surface area contributed by atoms with Crippen LogP contribution in [0.4, 0.5) is 5.69 Å².